The van der Waals surface area contributed by atoms with Crippen molar-refractivity contribution in [3.63, 3.8) is 0 Å². The fourth-order valence-corrected chi connectivity index (χ4v) is 2.04. The summed E-state index contributed by atoms with van der Waals surface area (Å²) in [5, 5.41) is 3.94. The Morgan fingerprint density at radius 1 is 1.50 bits per heavy atom. The maximum atomic E-state index is 11.1. The summed E-state index contributed by atoms with van der Waals surface area (Å²) in [7, 11) is 0. The SMILES string of the molecule is Cc1cscc1-c1nc(N)cc(=O)[nH]1. The van der Waals surface area contributed by atoms with Crippen LogP contribution in [0.5, 0.6) is 0 Å². The third kappa shape index (κ3) is 1.54. The summed E-state index contributed by atoms with van der Waals surface area (Å²) >= 11 is 1.57. The molecule has 0 aliphatic heterocycles. The molecule has 0 saturated heterocycles. The number of anilines is 1. The second-order valence-corrected chi connectivity index (χ2v) is 3.73. The van der Waals surface area contributed by atoms with Gasteiger partial charge in [-0.1, -0.05) is 0 Å². The first-order valence-electron chi connectivity index (χ1n) is 4.07. The zero-order valence-corrected chi connectivity index (χ0v) is 8.39. The van der Waals surface area contributed by atoms with E-state index in [2.05, 4.69) is 9.97 Å². The van der Waals surface area contributed by atoms with Crippen molar-refractivity contribution in [3.05, 3.63) is 32.7 Å². The van der Waals surface area contributed by atoms with Crippen LogP contribution in [0.15, 0.2) is 21.6 Å². The highest BCUT2D eigenvalue weighted by Gasteiger charge is 2.05. The van der Waals surface area contributed by atoms with Gasteiger partial charge in [0.1, 0.15) is 11.6 Å². The zero-order valence-electron chi connectivity index (χ0n) is 7.57. The van der Waals surface area contributed by atoms with E-state index in [1.165, 1.54) is 6.07 Å². The van der Waals surface area contributed by atoms with Gasteiger partial charge in [0.25, 0.3) is 5.56 Å². The van der Waals surface area contributed by atoms with Crippen molar-refractivity contribution in [1.82, 2.24) is 9.97 Å². The number of H-pyrrole nitrogens is 1. The van der Waals surface area contributed by atoms with Gasteiger partial charge >= 0.3 is 0 Å². The summed E-state index contributed by atoms with van der Waals surface area (Å²) in [5.74, 6) is 0.781. The molecule has 0 saturated carbocycles. The van der Waals surface area contributed by atoms with Crippen molar-refractivity contribution in [3.8, 4) is 11.4 Å². The van der Waals surface area contributed by atoms with E-state index < -0.39 is 0 Å². The molecule has 0 aromatic carbocycles. The number of rotatable bonds is 1. The lowest BCUT2D eigenvalue weighted by Gasteiger charge is -1.99. The molecule has 2 aromatic rings. The van der Waals surface area contributed by atoms with Crippen molar-refractivity contribution >= 4 is 17.2 Å². The molecule has 14 heavy (non-hydrogen) atoms. The Labute approximate surface area is 84.4 Å². The van der Waals surface area contributed by atoms with Crippen molar-refractivity contribution < 1.29 is 0 Å². The number of nitrogens with one attached hydrogen (secondary N) is 1. The van der Waals surface area contributed by atoms with Gasteiger partial charge < -0.3 is 10.7 Å². The lowest BCUT2D eigenvalue weighted by atomic mass is 10.2. The predicted octanol–water partition coefficient (Wildman–Crippen LogP) is 1.39. The topological polar surface area (TPSA) is 71.8 Å². The fraction of sp³-hybridized carbons (Fsp3) is 0.111. The Morgan fingerprint density at radius 2 is 2.29 bits per heavy atom. The van der Waals surface area contributed by atoms with E-state index in [1.807, 2.05) is 17.7 Å². The minimum atomic E-state index is -0.224. The molecule has 72 valence electrons. The van der Waals surface area contributed by atoms with Crippen LogP contribution in [0.3, 0.4) is 0 Å². The molecule has 0 bridgehead atoms. The van der Waals surface area contributed by atoms with Crippen LogP contribution in [0.2, 0.25) is 0 Å². The first kappa shape index (κ1) is 8.96. The van der Waals surface area contributed by atoms with Crippen LogP contribution < -0.4 is 11.3 Å². The van der Waals surface area contributed by atoms with E-state index in [0.717, 1.165) is 11.1 Å². The highest BCUT2D eigenvalue weighted by molar-refractivity contribution is 7.08. The van der Waals surface area contributed by atoms with Gasteiger partial charge in [-0.15, -0.1) is 0 Å². The van der Waals surface area contributed by atoms with Crippen LogP contribution in [0.1, 0.15) is 5.56 Å². The Bertz CT molecular complexity index is 515. The summed E-state index contributed by atoms with van der Waals surface area (Å²) < 4.78 is 0. The summed E-state index contributed by atoms with van der Waals surface area (Å²) in [4.78, 5) is 17.9. The number of aromatic nitrogens is 2. The minimum Gasteiger partial charge on any atom is -0.383 e. The number of hydrogen-bond donors (Lipinski definition) is 2. The van der Waals surface area contributed by atoms with Crippen LogP contribution >= 0.6 is 11.3 Å². The van der Waals surface area contributed by atoms with Gasteiger partial charge in [-0.3, -0.25) is 4.79 Å². The van der Waals surface area contributed by atoms with E-state index in [4.69, 9.17) is 5.73 Å². The minimum absolute atomic E-state index is 0.224. The summed E-state index contributed by atoms with van der Waals surface area (Å²) in [6.45, 7) is 1.97. The smallest absolute Gasteiger partial charge is 0.253 e. The lowest BCUT2D eigenvalue weighted by Crippen LogP contribution is -2.09. The normalized spacial score (nSPS) is 10.4. The molecule has 0 spiro atoms. The van der Waals surface area contributed by atoms with Crippen LogP contribution in [0.4, 0.5) is 5.82 Å². The molecule has 2 rings (SSSR count). The molecule has 2 heterocycles. The molecule has 0 radical (unpaired) electrons. The highest BCUT2D eigenvalue weighted by Crippen LogP contribution is 2.22. The van der Waals surface area contributed by atoms with Crippen molar-refractivity contribution in [2.75, 3.05) is 5.73 Å². The summed E-state index contributed by atoms with van der Waals surface area (Å²) in [6.07, 6.45) is 0. The van der Waals surface area contributed by atoms with E-state index >= 15 is 0 Å². The van der Waals surface area contributed by atoms with Crippen molar-refractivity contribution in [2.24, 2.45) is 0 Å². The molecule has 0 atom stereocenters. The first-order chi connectivity index (χ1) is 6.66. The molecule has 5 heteroatoms. The molecule has 0 fully saturated rings. The fourth-order valence-electron chi connectivity index (χ4n) is 1.21. The van der Waals surface area contributed by atoms with E-state index in [-0.39, 0.29) is 11.4 Å². The number of aryl methyl sites for hydroxylation is 1. The number of nitrogens with zero attached hydrogens (tertiary/aromatic N) is 1. The van der Waals surface area contributed by atoms with Gasteiger partial charge in [-0.05, 0) is 17.9 Å². The second-order valence-electron chi connectivity index (χ2n) is 2.99. The summed E-state index contributed by atoms with van der Waals surface area (Å²) in [5.41, 5.74) is 7.28. The van der Waals surface area contributed by atoms with Gasteiger partial charge in [-0.2, -0.15) is 11.3 Å². The quantitative estimate of drug-likeness (QED) is 0.742. The largest absolute Gasteiger partial charge is 0.383 e. The van der Waals surface area contributed by atoms with Gasteiger partial charge in [0, 0.05) is 17.0 Å². The average Bonchev–Trinajstić information content (AvgIpc) is 2.49. The number of aromatic amines is 1. The van der Waals surface area contributed by atoms with Gasteiger partial charge in [0.15, 0.2) is 0 Å². The lowest BCUT2D eigenvalue weighted by molar-refractivity contribution is 1.13. The summed E-state index contributed by atoms with van der Waals surface area (Å²) in [6, 6.07) is 1.27. The molecule has 4 nitrogen and oxygen atoms in total. The second kappa shape index (κ2) is 3.26. The third-order valence-electron chi connectivity index (χ3n) is 1.87. The molecule has 3 N–H and O–H groups in total. The average molecular weight is 207 g/mol. The Kier molecular flexibility index (Phi) is 2.09. The molecular weight excluding hydrogens is 198 g/mol. The van der Waals surface area contributed by atoms with Gasteiger partial charge in [0.05, 0.1) is 0 Å². The molecule has 0 aliphatic rings. The number of nitrogens with two attached hydrogens (primary N) is 1. The predicted molar refractivity (Wildman–Crippen MR) is 57.3 cm³/mol. The number of hydrogen-bond acceptors (Lipinski definition) is 4. The van der Waals surface area contributed by atoms with Crippen molar-refractivity contribution in [1.29, 1.82) is 0 Å². The number of thiophene rings is 1. The van der Waals surface area contributed by atoms with E-state index in [9.17, 15) is 4.79 Å². The monoisotopic (exact) mass is 207 g/mol. The maximum Gasteiger partial charge on any atom is 0.253 e. The maximum absolute atomic E-state index is 11.1. The third-order valence-corrected chi connectivity index (χ3v) is 2.73. The first-order valence-corrected chi connectivity index (χ1v) is 5.01. The molecule has 0 amide bonds. The molecule has 2 aromatic heterocycles. The van der Waals surface area contributed by atoms with E-state index in [1.54, 1.807) is 11.3 Å². The molecule has 0 aliphatic carbocycles. The number of nitrogen functional groups attached to an aromatic ring is 1. The Balaban J connectivity index is 2.63. The standard InChI is InChI=1S/C9H9N3OS/c1-5-3-14-4-6(5)9-11-7(10)2-8(13)12-9/h2-4H,1H3,(H3,10,11,12,13). The van der Waals surface area contributed by atoms with Crippen LogP contribution in [0, 0.1) is 6.92 Å². The molecular formula is C9H9N3OS. The van der Waals surface area contributed by atoms with Gasteiger partial charge in [0.2, 0.25) is 0 Å². The van der Waals surface area contributed by atoms with Crippen LogP contribution in [-0.2, 0) is 0 Å². The molecule has 0 unspecified atom stereocenters. The highest BCUT2D eigenvalue weighted by atomic mass is 32.1. The van der Waals surface area contributed by atoms with Crippen LogP contribution in [-0.4, -0.2) is 9.97 Å². The zero-order chi connectivity index (χ0) is 10.1. The van der Waals surface area contributed by atoms with Gasteiger partial charge in [-0.25, -0.2) is 4.98 Å². The Hall–Kier alpha value is -1.62. The van der Waals surface area contributed by atoms with Crippen LogP contribution in [0.25, 0.3) is 11.4 Å². The van der Waals surface area contributed by atoms with Crippen molar-refractivity contribution in [2.45, 2.75) is 6.92 Å². The van der Waals surface area contributed by atoms with E-state index in [0.29, 0.717) is 5.82 Å². The Morgan fingerprint density at radius 3 is 2.86 bits per heavy atom.